The number of rotatable bonds is 9. The minimum absolute atomic E-state index is 0.143. The van der Waals surface area contributed by atoms with Gasteiger partial charge in [-0.15, -0.1) is 0 Å². The van der Waals surface area contributed by atoms with Crippen LogP contribution in [-0.2, 0) is 15.8 Å². The molecule has 0 saturated carbocycles. The summed E-state index contributed by atoms with van der Waals surface area (Å²) >= 11 is 0. The Hall–Kier alpha value is -2.16. The van der Waals surface area contributed by atoms with Crippen LogP contribution in [0.3, 0.4) is 0 Å². The first-order chi connectivity index (χ1) is 9.96. The number of benzene rings is 1. The van der Waals surface area contributed by atoms with Gasteiger partial charge in [0.05, 0.1) is 10.7 Å². The zero-order chi connectivity index (χ0) is 15.7. The average Bonchev–Trinajstić information content (AvgIpc) is 2.42. The molecule has 1 aromatic rings. The molecule has 0 saturated heterocycles. The number of nitrogens with zero attached hydrogens (tertiary/aromatic N) is 4. The normalized spacial score (nSPS) is 10.9. The summed E-state index contributed by atoms with van der Waals surface area (Å²) in [6.07, 6.45) is 1.09. The first-order valence-corrected chi connectivity index (χ1v) is 7.82. The van der Waals surface area contributed by atoms with Crippen molar-refractivity contribution < 1.29 is 13.3 Å². The lowest BCUT2D eigenvalue weighted by atomic mass is 10.2. The molecule has 9 nitrogen and oxygen atoms in total. The maximum absolute atomic E-state index is 11.8. The number of nitro groups is 1. The van der Waals surface area contributed by atoms with Crippen LogP contribution in [0.25, 0.3) is 10.4 Å². The van der Waals surface area contributed by atoms with E-state index in [-0.39, 0.29) is 17.8 Å². The molecule has 0 unspecified atom stereocenters. The molecule has 0 amide bonds. The van der Waals surface area contributed by atoms with E-state index >= 15 is 0 Å². The van der Waals surface area contributed by atoms with Gasteiger partial charge in [0.1, 0.15) is 0 Å². The molecule has 0 aliphatic rings. The lowest BCUT2D eigenvalue weighted by Crippen LogP contribution is -2.26. The van der Waals surface area contributed by atoms with Gasteiger partial charge in [0.2, 0.25) is 10.0 Å². The number of para-hydroxylation sites is 1. The van der Waals surface area contributed by atoms with Gasteiger partial charge in [0, 0.05) is 29.6 Å². The minimum Gasteiger partial charge on any atom is -0.258 e. The fourth-order valence-corrected chi connectivity index (χ4v) is 2.86. The number of nitro benzene ring substituents is 1. The van der Waals surface area contributed by atoms with Crippen LogP contribution in [0.5, 0.6) is 0 Å². The summed E-state index contributed by atoms with van der Waals surface area (Å²) in [6.45, 7) is 0.506. The molecule has 0 atom stereocenters. The second-order valence-electron chi connectivity index (χ2n) is 4.20. The highest BCUT2D eigenvalue weighted by Crippen LogP contribution is 2.19. The standard InChI is InChI=1S/C11H15N5O4S/c12-15-13-7-3-4-8-14-21(19,20)9-10-5-1-2-6-11(10)16(17)18/h1-2,5-6,14H,3-4,7-9H2. The Balaban J connectivity index is 2.57. The third-order valence-electron chi connectivity index (χ3n) is 2.60. The number of sulfonamides is 1. The Kier molecular flexibility index (Phi) is 6.60. The first-order valence-electron chi connectivity index (χ1n) is 6.17. The van der Waals surface area contributed by atoms with Crippen LogP contribution in [-0.4, -0.2) is 26.4 Å². The van der Waals surface area contributed by atoms with E-state index in [9.17, 15) is 18.5 Å². The topological polar surface area (TPSA) is 138 Å². The van der Waals surface area contributed by atoms with Crippen molar-refractivity contribution in [2.24, 2.45) is 5.11 Å². The molecule has 0 radical (unpaired) electrons. The van der Waals surface area contributed by atoms with E-state index in [4.69, 9.17) is 5.53 Å². The first kappa shape index (κ1) is 16.9. The number of azide groups is 1. The van der Waals surface area contributed by atoms with Crippen molar-refractivity contribution in [2.45, 2.75) is 18.6 Å². The van der Waals surface area contributed by atoms with Crippen LogP contribution in [0.1, 0.15) is 18.4 Å². The van der Waals surface area contributed by atoms with Crippen LogP contribution >= 0.6 is 0 Å². The summed E-state index contributed by atoms with van der Waals surface area (Å²) in [5, 5.41) is 14.2. The van der Waals surface area contributed by atoms with Crippen LogP contribution < -0.4 is 4.72 Å². The van der Waals surface area contributed by atoms with E-state index in [1.807, 2.05) is 0 Å². The zero-order valence-corrected chi connectivity index (χ0v) is 12.0. The summed E-state index contributed by atoms with van der Waals surface area (Å²) in [4.78, 5) is 12.8. The lowest BCUT2D eigenvalue weighted by Gasteiger charge is -2.06. The Bertz CT molecular complexity index is 640. The molecule has 21 heavy (non-hydrogen) atoms. The molecule has 1 rings (SSSR count). The average molecular weight is 313 g/mol. The number of unbranched alkanes of at least 4 members (excludes halogenated alkanes) is 1. The molecule has 114 valence electrons. The summed E-state index contributed by atoms with van der Waals surface area (Å²) < 4.78 is 26.1. The Labute approximate surface area is 121 Å². The highest BCUT2D eigenvalue weighted by atomic mass is 32.2. The third kappa shape index (κ3) is 6.21. The molecular weight excluding hydrogens is 298 g/mol. The predicted octanol–water partition coefficient (Wildman–Crippen LogP) is 2.10. The van der Waals surface area contributed by atoms with Gasteiger partial charge in [-0.1, -0.05) is 23.3 Å². The van der Waals surface area contributed by atoms with Gasteiger partial charge in [0.25, 0.3) is 5.69 Å². The summed E-state index contributed by atoms with van der Waals surface area (Å²) in [5.74, 6) is -0.444. The van der Waals surface area contributed by atoms with Gasteiger partial charge in [0.15, 0.2) is 0 Å². The summed E-state index contributed by atoms with van der Waals surface area (Å²) in [6, 6.07) is 5.72. The van der Waals surface area contributed by atoms with Crippen LogP contribution in [0, 0.1) is 10.1 Å². The Morgan fingerprint density at radius 3 is 2.71 bits per heavy atom. The van der Waals surface area contributed by atoms with Crippen molar-refractivity contribution in [3.63, 3.8) is 0 Å². The van der Waals surface area contributed by atoms with Gasteiger partial charge in [-0.3, -0.25) is 10.1 Å². The fraction of sp³-hybridized carbons (Fsp3) is 0.455. The molecule has 0 bridgehead atoms. The largest absolute Gasteiger partial charge is 0.273 e. The maximum atomic E-state index is 11.8. The second kappa shape index (κ2) is 8.20. The van der Waals surface area contributed by atoms with Crippen molar-refractivity contribution in [3.8, 4) is 0 Å². The van der Waals surface area contributed by atoms with E-state index in [1.54, 1.807) is 6.07 Å². The third-order valence-corrected chi connectivity index (χ3v) is 3.94. The summed E-state index contributed by atoms with van der Waals surface area (Å²) in [7, 11) is -3.64. The van der Waals surface area contributed by atoms with Crippen molar-refractivity contribution >= 4 is 15.7 Å². The van der Waals surface area contributed by atoms with Crippen molar-refractivity contribution in [2.75, 3.05) is 13.1 Å². The van der Waals surface area contributed by atoms with Crippen molar-refractivity contribution in [1.29, 1.82) is 0 Å². The zero-order valence-electron chi connectivity index (χ0n) is 11.2. The maximum Gasteiger partial charge on any atom is 0.273 e. The van der Waals surface area contributed by atoms with E-state index in [0.29, 0.717) is 19.4 Å². The van der Waals surface area contributed by atoms with E-state index in [0.717, 1.165) is 0 Å². The van der Waals surface area contributed by atoms with Crippen LogP contribution in [0.2, 0.25) is 0 Å². The van der Waals surface area contributed by atoms with Gasteiger partial charge in [-0.2, -0.15) is 0 Å². The lowest BCUT2D eigenvalue weighted by molar-refractivity contribution is -0.385. The molecule has 0 aliphatic carbocycles. The Morgan fingerprint density at radius 1 is 1.33 bits per heavy atom. The highest BCUT2D eigenvalue weighted by molar-refractivity contribution is 7.88. The second-order valence-corrected chi connectivity index (χ2v) is 6.01. The number of hydrogen-bond acceptors (Lipinski definition) is 5. The summed E-state index contributed by atoms with van der Waals surface area (Å²) in [5.41, 5.74) is 8.00. The molecule has 0 fully saturated rings. The smallest absolute Gasteiger partial charge is 0.258 e. The fourth-order valence-electron chi connectivity index (χ4n) is 1.65. The molecule has 0 spiro atoms. The van der Waals surface area contributed by atoms with Crippen LogP contribution in [0.4, 0.5) is 5.69 Å². The van der Waals surface area contributed by atoms with E-state index in [2.05, 4.69) is 14.7 Å². The molecule has 1 aromatic carbocycles. The highest BCUT2D eigenvalue weighted by Gasteiger charge is 2.19. The quantitative estimate of drug-likeness (QED) is 0.186. The van der Waals surface area contributed by atoms with E-state index in [1.165, 1.54) is 18.2 Å². The molecule has 0 aromatic heterocycles. The Morgan fingerprint density at radius 2 is 2.05 bits per heavy atom. The molecule has 10 heteroatoms. The van der Waals surface area contributed by atoms with Crippen molar-refractivity contribution in [1.82, 2.24) is 4.72 Å². The molecule has 0 heterocycles. The van der Waals surface area contributed by atoms with Gasteiger partial charge in [-0.25, -0.2) is 13.1 Å². The van der Waals surface area contributed by atoms with Gasteiger partial charge < -0.3 is 0 Å². The van der Waals surface area contributed by atoms with Gasteiger partial charge in [-0.05, 0) is 18.4 Å². The molecule has 0 aliphatic heterocycles. The van der Waals surface area contributed by atoms with Crippen LogP contribution in [0.15, 0.2) is 29.4 Å². The molecular formula is C11H15N5O4S. The van der Waals surface area contributed by atoms with Gasteiger partial charge >= 0.3 is 0 Å². The molecule has 1 N–H and O–H groups in total. The monoisotopic (exact) mass is 313 g/mol. The minimum atomic E-state index is -3.64. The van der Waals surface area contributed by atoms with E-state index < -0.39 is 20.7 Å². The number of nitrogens with one attached hydrogen (secondary N) is 1. The van der Waals surface area contributed by atoms with Crippen molar-refractivity contribution in [3.05, 3.63) is 50.4 Å². The number of hydrogen-bond donors (Lipinski definition) is 1. The predicted molar refractivity (Wildman–Crippen MR) is 77.0 cm³/mol. The SMILES string of the molecule is [N-]=[N+]=NCCCCNS(=O)(=O)Cc1ccccc1[N+](=O)[O-].